The second-order valence-corrected chi connectivity index (χ2v) is 4.65. The van der Waals surface area contributed by atoms with Crippen LogP contribution >= 0.6 is 0 Å². The van der Waals surface area contributed by atoms with Crippen molar-refractivity contribution in [3.63, 3.8) is 0 Å². The number of carbonyl (C=O) groups excluding carboxylic acids is 2. The van der Waals surface area contributed by atoms with E-state index in [4.69, 9.17) is 5.11 Å². The Morgan fingerprint density at radius 3 is 2.25 bits per heavy atom. The van der Waals surface area contributed by atoms with Gasteiger partial charge in [0.1, 0.15) is 0 Å². The molecule has 0 aliphatic heterocycles. The molecule has 0 rings (SSSR count). The summed E-state index contributed by atoms with van der Waals surface area (Å²) in [6.45, 7) is 4.61. The molecule has 0 aliphatic rings. The third kappa shape index (κ3) is 9.15. The summed E-state index contributed by atoms with van der Waals surface area (Å²) >= 11 is 0. The molecule has 0 spiro atoms. The van der Waals surface area contributed by atoms with Crippen molar-refractivity contribution in [3.8, 4) is 0 Å². The first-order valence-electron chi connectivity index (χ1n) is 6.40. The number of carboxylic acids is 1. The Morgan fingerprint density at radius 1 is 1.10 bits per heavy atom. The molecule has 20 heavy (non-hydrogen) atoms. The van der Waals surface area contributed by atoms with Gasteiger partial charge in [0, 0.05) is 26.6 Å². The molecule has 0 aliphatic carbocycles. The van der Waals surface area contributed by atoms with Gasteiger partial charge < -0.3 is 25.8 Å². The molecule has 8 heteroatoms. The normalized spacial score (nSPS) is 11.8. The fourth-order valence-corrected chi connectivity index (χ4v) is 1.22. The lowest BCUT2D eigenvalue weighted by Crippen LogP contribution is -2.43. The molecular weight excluding hydrogens is 266 g/mol. The van der Waals surface area contributed by atoms with Crippen LogP contribution in [0.1, 0.15) is 20.3 Å². The highest BCUT2D eigenvalue weighted by Crippen LogP contribution is 1.89. The van der Waals surface area contributed by atoms with E-state index in [-0.39, 0.29) is 25.4 Å². The lowest BCUT2D eigenvalue weighted by Gasteiger charge is -2.12. The van der Waals surface area contributed by atoms with Crippen LogP contribution in [0, 0.1) is 5.92 Å². The molecule has 1 unspecified atom stereocenters. The maximum atomic E-state index is 11.4. The molecule has 1 atom stereocenters. The average Bonchev–Trinajstić information content (AvgIpc) is 2.36. The minimum atomic E-state index is -1.15. The second-order valence-electron chi connectivity index (χ2n) is 4.65. The predicted octanol–water partition coefficient (Wildman–Crippen LogP) is -0.452. The zero-order valence-electron chi connectivity index (χ0n) is 12.1. The number of urea groups is 1. The summed E-state index contributed by atoms with van der Waals surface area (Å²) in [5, 5.41) is 16.2. The molecule has 116 valence electrons. The van der Waals surface area contributed by atoms with Gasteiger partial charge in [-0.3, -0.25) is 4.79 Å². The van der Waals surface area contributed by atoms with E-state index in [1.165, 1.54) is 7.11 Å². The maximum absolute atomic E-state index is 11.4. The fraction of sp³-hybridized carbons (Fsp3) is 0.750. The topological polar surface area (TPSA) is 117 Å². The van der Waals surface area contributed by atoms with E-state index in [0.717, 1.165) is 0 Å². The summed E-state index contributed by atoms with van der Waals surface area (Å²) in [4.78, 5) is 33.3. The number of carbonyl (C=O) groups is 3. The molecule has 0 saturated carbocycles. The van der Waals surface area contributed by atoms with E-state index < -0.39 is 18.1 Å². The lowest BCUT2D eigenvalue weighted by atomic mass is 10.2. The van der Waals surface area contributed by atoms with Gasteiger partial charge in [-0.25, -0.2) is 9.59 Å². The van der Waals surface area contributed by atoms with E-state index >= 15 is 0 Å². The predicted molar refractivity (Wildman–Crippen MR) is 72.3 cm³/mol. The molecule has 0 aromatic carbocycles. The molecule has 0 aromatic heterocycles. The summed E-state index contributed by atoms with van der Waals surface area (Å²) in [6, 6.07) is -0.537. The van der Waals surface area contributed by atoms with Gasteiger partial charge in [-0.15, -0.1) is 0 Å². The van der Waals surface area contributed by atoms with Gasteiger partial charge in [-0.1, -0.05) is 13.8 Å². The van der Waals surface area contributed by atoms with Crippen LogP contribution in [0.2, 0.25) is 0 Å². The highest BCUT2D eigenvalue weighted by atomic mass is 16.5. The van der Waals surface area contributed by atoms with Crippen LogP contribution in [-0.2, 0) is 14.3 Å². The van der Waals surface area contributed by atoms with Gasteiger partial charge in [0.05, 0.1) is 6.54 Å². The molecule has 3 amide bonds. The smallest absolute Gasteiger partial charge is 0.334 e. The van der Waals surface area contributed by atoms with Crippen molar-refractivity contribution in [1.29, 1.82) is 0 Å². The van der Waals surface area contributed by atoms with Crippen molar-refractivity contribution in [2.45, 2.75) is 26.4 Å². The van der Waals surface area contributed by atoms with E-state index in [2.05, 4.69) is 20.7 Å². The number of ether oxygens (including phenoxy) is 1. The number of carboxylic acid groups (broad SMARTS) is 1. The Bertz CT molecular complexity index is 333. The minimum Gasteiger partial charge on any atom is -0.479 e. The number of methoxy groups -OCH3 is 1. The Kier molecular flexibility index (Phi) is 9.10. The van der Waals surface area contributed by atoms with Crippen molar-refractivity contribution < 1.29 is 24.2 Å². The van der Waals surface area contributed by atoms with Crippen LogP contribution < -0.4 is 16.0 Å². The van der Waals surface area contributed by atoms with Gasteiger partial charge in [0.2, 0.25) is 5.91 Å². The Labute approximate surface area is 118 Å². The van der Waals surface area contributed by atoms with E-state index in [1.54, 1.807) is 0 Å². The third-order valence-electron chi connectivity index (χ3n) is 2.35. The van der Waals surface area contributed by atoms with Crippen molar-refractivity contribution in [2.24, 2.45) is 5.92 Å². The summed E-state index contributed by atoms with van der Waals surface area (Å²) < 4.78 is 4.65. The monoisotopic (exact) mass is 289 g/mol. The molecule has 0 aromatic rings. The molecule has 4 N–H and O–H groups in total. The Balaban J connectivity index is 3.73. The van der Waals surface area contributed by atoms with Gasteiger partial charge in [-0.05, 0) is 5.92 Å². The van der Waals surface area contributed by atoms with E-state index in [0.29, 0.717) is 12.5 Å². The number of hydrogen-bond donors (Lipinski definition) is 4. The largest absolute Gasteiger partial charge is 0.479 e. The standard InChI is InChI=1S/C12H23N3O5/c1-8(2)6-14-10(16)4-5-13-12(19)15-7-9(20-3)11(17)18/h8-9H,4-7H2,1-3H3,(H,14,16)(H,17,18)(H2,13,15,19). The van der Waals surface area contributed by atoms with Crippen LogP contribution in [0.25, 0.3) is 0 Å². The van der Waals surface area contributed by atoms with Gasteiger partial charge in [0.15, 0.2) is 6.10 Å². The summed E-state index contributed by atoms with van der Waals surface area (Å²) in [6.07, 6.45) is -0.914. The Morgan fingerprint density at radius 2 is 1.75 bits per heavy atom. The highest BCUT2D eigenvalue weighted by Gasteiger charge is 2.16. The van der Waals surface area contributed by atoms with Gasteiger partial charge >= 0.3 is 12.0 Å². The zero-order valence-corrected chi connectivity index (χ0v) is 12.1. The highest BCUT2D eigenvalue weighted by molar-refractivity contribution is 5.79. The minimum absolute atomic E-state index is 0.140. The van der Waals surface area contributed by atoms with Crippen molar-refractivity contribution in [2.75, 3.05) is 26.7 Å². The lowest BCUT2D eigenvalue weighted by molar-refractivity contribution is -0.148. The SMILES string of the molecule is COC(CNC(=O)NCCC(=O)NCC(C)C)C(=O)O. The summed E-state index contributed by atoms with van der Waals surface area (Å²) in [5.74, 6) is -0.919. The third-order valence-corrected chi connectivity index (χ3v) is 2.35. The maximum Gasteiger partial charge on any atom is 0.334 e. The van der Waals surface area contributed by atoms with Crippen LogP contribution in [0.5, 0.6) is 0 Å². The molecule has 0 fully saturated rings. The van der Waals surface area contributed by atoms with Crippen LogP contribution in [-0.4, -0.2) is 55.9 Å². The van der Waals surface area contributed by atoms with E-state index in [1.807, 2.05) is 13.8 Å². The van der Waals surface area contributed by atoms with Crippen molar-refractivity contribution >= 4 is 17.9 Å². The fourth-order valence-electron chi connectivity index (χ4n) is 1.22. The summed E-state index contributed by atoms with van der Waals surface area (Å²) in [7, 11) is 1.25. The number of aliphatic carboxylic acids is 1. The molecule has 0 bridgehead atoms. The number of amides is 3. The van der Waals surface area contributed by atoms with E-state index in [9.17, 15) is 14.4 Å². The number of rotatable bonds is 9. The van der Waals surface area contributed by atoms with Crippen LogP contribution in [0.3, 0.4) is 0 Å². The molecule has 0 saturated heterocycles. The van der Waals surface area contributed by atoms with Gasteiger partial charge in [-0.2, -0.15) is 0 Å². The summed E-state index contributed by atoms with van der Waals surface area (Å²) in [5.41, 5.74) is 0. The quantitative estimate of drug-likeness (QED) is 0.458. The van der Waals surface area contributed by atoms with Gasteiger partial charge in [0.25, 0.3) is 0 Å². The van der Waals surface area contributed by atoms with Crippen LogP contribution in [0.4, 0.5) is 4.79 Å². The van der Waals surface area contributed by atoms with Crippen molar-refractivity contribution in [3.05, 3.63) is 0 Å². The first-order chi connectivity index (χ1) is 9.36. The first kappa shape index (κ1) is 18.2. The Hall–Kier alpha value is -1.83. The first-order valence-corrected chi connectivity index (χ1v) is 6.40. The molecule has 8 nitrogen and oxygen atoms in total. The molecule has 0 radical (unpaired) electrons. The average molecular weight is 289 g/mol. The zero-order chi connectivity index (χ0) is 15.5. The number of hydrogen-bond acceptors (Lipinski definition) is 4. The van der Waals surface area contributed by atoms with Crippen molar-refractivity contribution in [1.82, 2.24) is 16.0 Å². The van der Waals surface area contributed by atoms with Crippen LogP contribution in [0.15, 0.2) is 0 Å². The molecular formula is C12H23N3O5. The number of nitrogens with one attached hydrogen (secondary N) is 3. The second kappa shape index (κ2) is 10.0. The molecule has 0 heterocycles.